The van der Waals surface area contributed by atoms with E-state index in [1.165, 1.54) is 0 Å². The van der Waals surface area contributed by atoms with Crippen LogP contribution in [-0.4, -0.2) is 22.8 Å². The highest BCUT2D eigenvalue weighted by Crippen LogP contribution is 2.11. The molecule has 0 bridgehead atoms. The number of amides is 1. The summed E-state index contributed by atoms with van der Waals surface area (Å²) < 4.78 is 6.83. The minimum Gasteiger partial charge on any atom is -0.497 e. The SMILES string of the molecule is COc1ccc(CC(=O)/N=c2/ccn(-c3ccccc3)nc2)cc1. The number of ether oxygens (including phenoxy) is 1. The molecule has 1 heterocycles. The van der Waals surface area contributed by atoms with Crippen LogP contribution in [0.15, 0.2) is 78.0 Å². The molecule has 3 aromatic rings. The van der Waals surface area contributed by atoms with E-state index in [0.29, 0.717) is 5.36 Å². The Labute approximate surface area is 139 Å². The Morgan fingerprint density at radius 2 is 1.83 bits per heavy atom. The van der Waals surface area contributed by atoms with Crippen molar-refractivity contribution in [1.82, 2.24) is 9.78 Å². The van der Waals surface area contributed by atoms with Gasteiger partial charge in [0, 0.05) is 6.20 Å². The number of aromatic nitrogens is 2. The van der Waals surface area contributed by atoms with Gasteiger partial charge in [0.15, 0.2) is 0 Å². The summed E-state index contributed by atoms with van der Waals surface area (Å²) in [4.78, 5) is 16.1. The zero-order valence-corrected chi connectivity index (χ0v) is 13.3. The maximum atomic E-state index is 12.1. The Balaban J connectivity index is 1.72. The number of rotatable bonds is 4. The maximum absolute atomic E-state index is 12.1. The molecule has 1 amide bonds. The van der Waals surface area contributed by atoms with E-state index >= 15 is 0 Å². The van der Waals surface area contributed by atoms with Gasteiger partial charge in [-0.05, 0) is 35.9 Å². The molecule has 3 rings (SSSR count). The second kappa shape index (κ2) is 7.37. The summed E-state index contributed by atoms with van der Waals surface area (Å²) in [5.41, 5.74) is 1.85. The van der Waals surface area contributed by atoms with Crippen LogP contribution in [0.25, 0.3) is 5.69 Å². The quantitative estimate of drug-likeness (QED) is 0.742. The number of benzene rings is 2. The van der Waals surface area contributed by atoms with Crippen LogP contribution in [0, 0.1) is 0 Å². The Morgan fingerprint density at radius 3 is 2.46 bits per heavy atom. The number of hydrogen-bond acceptors (Lipinski definition) is 3. The van der Waals surface area contributed by atoms with Gasteiger partial charge in [-0.2, -0.15) is 5.10 Å². The molecule has 0 N–H and O–H groups in total. The van der Waals surface area contributed by atoms with Gasteiger partial charge in [0.1, 0.15) is 5.75 Å². The lowest BCUT2D eigenvalue weighted by Crippen LogP contribution is -2.12. The van der Waals surface area contributed by atoms with Crippen molar-refractivity contribution in [2.24, 2.45) is 4.99 Å². The van der Waals surface area contributed by atoms with Crippen LogP contribution in [0.2, 0.25) is 0 Å². The summed E-state index contributed by atoms with van der Waals surface area (Å²) in [6, 6.07) is 18.9. The van der Waals surface area contributed by atoms with Crippen LogP contribution in [0.5, 0.6) is 5.75 Å². The Kier molecular flexibility index (Phi) is 4.81. The molecule has 0 atom stereocenters. The second-order valence-corrected chi connectivity index (χ2v) is 5.20. The van der Waals surface area contributed by atoms with Crippen LogP contribution >= 0.6 is 0 Å². The number of nitrogens with zero attached hydrogens (tertiary/aromatic N) is 3. The molecule has 0 saturated carbocycles. The summed E-state index contributed by atoms with van der Waals surface area (Å²) >= 11 is 0. The zero-order chi connectivity index (χ0) is 16.8. The molecular formula is C19H17N3O2. The van der Waals surface area contributed by atoms with E-state index in [1.54, 1.807) is 30.3 Å². The summed E-state index contributed by atoms with van der Waals surface area (Å²) in [5, 5.41) is 4.83. The van der Waals surface area contributed by atoms with E-state index in [2.05, 4.69) is 10.1 Å². The summed E-state index contributed by atoms with van der Waals surface area (Å²) in [6.45, 7) is 0. The standard InChI is InChI=1S/C19H17N3O2/c1-24-18-9-7-15(8-10-18)13-19(23)21-16-11-12-22(20-14-16)17-5-3-2-4-6-17/h2-12,14H,13H2,1H3/b21-16-. The molecule has 0 radical (unpaired) electrons. The molecule has 24 heavy (non-hydrogen) atoms. The minimum absolute atomic E-state index is 0.209. The van der Waals surface area contributed by atoms with Gasteiger partial charge in [0.2, 0.25) is 0 Å². The Morgan fingerprint density at radius 1 is 1.08 bits per heavy atom. The van der Waals surface area contributed by atoms with Crippen molar-refractivity contribution < 1.29 is 9.53 Å². The van der Waals surface area contributed by atoms with Crippen molar-refractivity contribution in [2.75, 3.05) is 7.11 Å². The first-order valence-corrected chi connectivity index (χ1v) is 7.55. The van der Waals surface area contributed by atoms with Gasteiger partial charge in [0.25, 0.3) is 5.91 Å². The van der Waals surface area contributed by atoms with Gasteiger partial charge in [-0.1, -0.05) is 30.3 Å². The number of carbonyl (C=O) groups is 1. The fraction of sp³-hybridized carbons (Fsp3) is 0.105. The molecule has 5 nitrogen and oxygen atoms in total. The van der Waals surface area contributed by atoms with Crippen LogP contribution in [0.3, 0.4) is 0 Å². The smallest absolute Gasteiger partial charge is 0.250 e. The molecule has 0 aliphatic heterocycles. The fourth-order valence-electron chi connectivity index (χ4n) is 2.25. The summed E-state index contributed by atoms with van der Waals surface area (Å²) in [7, 11) is 1.61. The largest absolute Gasteiger partial charge is 0.497 e. The van der Waals surface area contributed by atoms with Gasteiger partial charge in [0.05, 0.1) is 30.8 Å². The van der Waals surface area contributed by atoms with Crippen molar-refractivity contribution in [3.05, 3.63) is 84.0 Å². The monoisotopic (exact) mass is 319 g/mol. The van der Waals surface area contributed by atoms with Crippen molar-refractivity contribution >= 4 is 5.91 Å². The molecule has 0 spiro atoms. The van der Waals surface area contributed by atoms with Crippen molar-refractivity contribution in [3.8, 4) is 11.4 Å². The molecule has 0 aliphatic carbocycles. The van der Waals surface area contributed by atoms with E-state index in [-0.39, 0.29) is 12.3 Å². The highest BCUT2D eigenvalue weighted by molar-refractivity contribution is 5.79. The van der Waals surface area contributed by atoms with Crippen molar-refractivity contribution in [3.63, 3.8) is 0 Å². The van der Waals surface area contributed by atoms with Crippen LogP contribution < -0.4 is 10.1 Å². The van der Waals surface area contributed by atoms with Gasteiger partial charge < -0.3 is 4.74 Å². The third-order valence-electron chi connectivity index (χ3n) is 3.49. The number of para-hydroxylation sites is 1. The maximum Gasteiger partial charge on any atom is 0.250 e. The van der Waals surface area contributed by atoms with Gasteiger partial charge in [-0.25, -0.2) is 9.67 Å². The molecule has 0 aliphatic rings. The zero-order valence-electron chi connectivity index (χ0n) is 13.3. The predicted octanol–water partition coefficient (Wildman–Crippen LogP) is 2.55. The highest BCUT2D eigenvalue weighted by atomic mass is 16.5. The average Bonchev–Trinajstić information content (AvgIpc) is 2.64. The first-order valence-electron chi connectivity index (χ1n) is 7.55. The van der Waals surface area contributed by atoms with Gasteiger partial charge in [-0.15, -0.1) is 0 Å². The third kappa shape index (κ3) is 3.95. The first kappa shape index (κ1) is 15.7. The second-order valence-electron chi connectivity index (χ2n) is 5.20. The number of hydrogen-bond donors (Lipinski definition) is 0. The molecule has 0 fully saturated rings. The Hall–Kier alpha value is -3.21. The van der Waals surface area contributed by atoms with Crippen LogP contribution in [0.1, 0.15) is 5.56 Å². The van der Waals surface area contributed by atoms with E-state index in [9.17, 15) is 4.79 Å². The van der Waals surface area contributed by atoms with Crippen molar-refractivity contribution in [1.29, 1.82) is 0 Å². The van der Waals surface area contributed by atoms with E-state index in [4.69, 9.17) is 4.74 Å². The lowest BCUT2D eigenvalue weighted by atomic mass is 10.1. The lowest BCUT2D eigenvalue weighted by molar-refractivity contribution is -0.117. The van der Waals surface area contributed by atoms with E-state index < -0.39 is 0 Å². The molecule has 5 heteroatoms. The lowest BCUT2D eigenvalue weighted by Gasteiger charge is -2.03. The highest BCUT2D eigenvalue weighted by Gasteiger charge is 2.02. The summed E-state index contributed by atoms with van der Waals surface area (Å²) in [5.74, 6) is 0.556. The number of carbonyl (C=O) groups excluding carboxylic acids is 1. The predicted molar refractivity (Wildman–Crippen MR) is 90.8 cm³/mol. The van der Waals surface area contributed by atoms with Crippen LogP contribution in [-0.2, 0) is 11.2 Å². The molecule has 2 aromatic carbocycles. The average molecular weight is 319 g/mol. The molecule has 0 saturated heterocycles. The van der Waals surface area contributed by atoms with Gasteiger partial charge >= 0.3 is 0 Å². The minimum atomic E-state index is -0.209. The molecule has 120 valence electrons. The van der Waals surface area contributed by atoms with E-state index in [1.807, 2.05) is 54.6 Å². The van der Waals surface area contributed by atoms with E-state index in [0.717, 1.165) is 17.0 Å². The molecule has 0 unspecified atom stereocenters. The Bertz CT molecular complexity index is 864. The van der Waals surface area contributed by atoms with Gasteiger partial charge in [-0.3, -0.25) is 4.79 Å². The third-order valence-corrected chi connectivity index (χ3v) is 3.49. The number of methoxy groups -OCH3 is 1. The fourth-order valence-corrected chi connectivity index (χ4v) is 2.25. The van der Waals surface area contributed by atoms with Crippen molar-refractivity contribution in [2.45, 2.75) is 6.42 Å². The first-order chi connectivity index (χ1) is 11.7. The molecule has 1 aromatic heterocycles. The summed E-state index contributed by atoms with van der Waals surface area (Å²) in [6.07, 6.45) is 3.62. The van der Waals surface area contributed by atoms with Crippen LogP contribution in [0.4, 0.5) is 0 Å². The normalized spacial score (nSPS) is 11.3. The molecular weight excluding hydrogens is 302 g/mol. The topological polar surface area (TPSA) is 56.5 Å².